The largest absolute Gasteiger partial charge is 0.481 e. The van der Waals surface area contributed by atoms with Crippen molar-refractivity contribution in [2.45, 2.75) is 40.2 Å². The van der Waals surface area contributed by atoms with Crippen LogP contribution in [-0.2, 0) is 9.53 Å². The van der Waals surface area contributed by atoms with E-state index in [2.05, 4.69) is 0 Å². The van der Waals surface area contributed by atoms with Gasteiger partial charge in [-0.3, -0.25) is 4.90 Å². The summed E-state index contributed by atoms with van der Waals surface area (Å²) in [5.74, 6) is -0.516. The van der Waals surface area contributed by atoms with Crippen LogP contribution in [0.4, 0.5) is 10.5 Å². The van der Waals surface area contributed by atoms with Gasteiger partial charge in [-0.05, 0) is 57.9 Å². The summed E-state index contributed by atoms with van der Waals surface area (Å²) < 4.78 is 10.6. The van der Waals surface area contributed by atoms with Gasteiger partial charge < -0.3 is 14.6 Å². The van der Waals surface area contributed by atoms with E-state index in [1.54, 1.807) is 53.8 Å². The molecular weight excluding hydrogens is 286 g/mol. The zero-order valence-electron chi connectivity index (χ0n) is 13.9. The van der Waals surface area contributed by atoms with Gasteiger partial charge in [-0.1, -0.05) is 0 Å². The van der Waals surface area contributed by atoms with E-state index in [0.29, 0.717) is 11.4 Å². The lowest BCUT2D eigenvalue weighted by Crippen LogP contribution is -2.34. The molecule has 0 unspecified atom stereocenters. The summed E-state index contributed by atoms with van der Waals surface area (Å²) in [6, 6.07) is 3.52. The van der Waals surface area contributed by atoms with Crippen LogP contribution in [0.1, 0.15) is 31.9 Å². The van der Waals surface area contributed by atoms with Crippen molar-refractivity contribution in [3.8, 4) is 5.75 Å². The molecule has 0 aliphatic carbocycles. The fourth-order valence-electron chi connectivity index (χ4n) is 1.92. The van der Waals surface area contributed by atoms with E-state index in [4.69, 9.17) is 14.6 Å². The highest BCUT2D eigenvalue weighted by Crippen LogP contribution is 2.29. The summed E-state index contributed by atoms with van der Waals surface area (Å²) in [5.41, 5.74) is 1.60. The van der Waals surface area contributed by atoms with Gasteiger partial charge in [-0.2, -0.15) is 0 Å². The maximum Gasteiger partial charge on any atom is 0.414 e. The number of carbonyl (C=O) groups is 2. The first-order chi connectivity index (χ1) is 10.0. The van der Waals surface area contributed by atoms with Crippen molar-refractivity contribution in [3.05, 3.63) is 23.3 Å². The van der Waals surface area contributed by atoms with Crippen molar-refractivity contribution in [3.63, 3.8) is 0 Å². The van der Waals surface area contributed by atoms with Gasteiger partial charge in [0.15, 0.2) is 6.61 Å². The molecule has 0 radical (unpaired) electrons. The molecule has 6 heteroatoms. The molecule has 0 saturated carbocycles. The minimum Gasteiger partial charge on any atom is -0.481 e. The van der Waals surface area contributed by atoms with Crippen LogP contribution >= 0.6 is 0 Å². The van der Waals surface area contributed by atoms with Crippen molar-refractivity contribution in [2.75, 3.05) is 18.6 Å². The number of amides is 1. The second-order valence-corrected chi connectivity index (χ2v) is 6.13. The number of ether oxygens (including phenoxy) is 2. The second-order valence-electron chi connectivity index (χ2n) is 6.13. The Bertz CT molecular complexity index is 551. The summed E-state index contributed by atoms with van der Waals surface area (Å²) in [7, 11) is 1.63. The molecule has 0 aliphatic rings. The number of benzene rings is 1. The highest BCUT2D eigenvalue weighted by molar-refractivity contribution is 5.87. The fraction of sp³-hybridized carbons (Fsp3) is 0.500. The molecule has 1 aromatic rings. The Morgan fingerprint density at radius 2 is 1.68 bits per heavy atom. The molecule has 0 fully saturated rings. The van der Waals surface area contributed by atoms with Gasteiger partial charge in [-0.25, -0.2) is 9.59 Å². The molecule has 1 amide bonds. The minimum atomic E-state index is -1.03. The van der Waals surface area contributed by atoms with Crippen molar-refractivity contribution < 1.29 is 24.2 Å². The Labute approximate surface area is 130 Å². The molecule has 122 valence electrons. The highest BCUT2D eigenvalue weighted by atomic mass is 16.6. The summed E-state index contributed by atoms with van der Waals surface area (Å²) in [6.07, 6.45) is -0.453. The SMILES string of the molecule is Cc1cc(N(C)C(=O)OC(C)(C)C)cc(C)c1OCC(=O)O. The van der Waals surface area contributed by atoms with E-state index in [0.717, 1.165) is 11.1 Å². The van der Waals surface area contributed by atoms with E-state index in [1.165, 1.54) is 4.90 Å². The first kappa shape index (κ1) is 17.8. The van der Waals surface area contributed by atoms with Gasteiger partial charge in [0, 0.05) is 12.7 Å². The van der Waals surface area contributed by atoms with E-state index in [-0.39, 0.29) is 0 Å². The third-order valence-electron chi connectivity index (χ3n) is 2.84. The van der Waals surface area contributed by atoms with Crippen LogP contribution in [0, 0.1) is 13.8 Å². The fourth-order valence-corrected chi connectivity index (χ4v) is 1.92. The number of rotatable bonds is 4. The molecule has 0 spiro atoms. The standard InChI is InChI=1S/C16H23NO5/c1-10-7-12(17(6)15(20)22-16(3,4)5)8-11(2)14(10)21-9-13(18)19/h7-8H,9H2,1-6H3,(H,18,19). The quantitative estimate of drug-likeness (QED) is 0.924. The van der Waals surface area contributed by atoms with E-state index in [1.807, 2.05) is 0 Å². The second kappa shape index (κ2) is 6.68. The molecule has 0 heterocycles. The van der Waals surface area contributed by atoms with E-state index in [9.17, 15) is 9.59 Å². The van der Waals surface area contributed by atoms with Crippen molar-refractivity contribution in [1.29, 1.82) is 0 Å². The lowest BCUT2D eigenvalue weighted by atomic mass is 10.1. The monoisotopic (exact) mass is 309 g/mol. The van der Waals surface area contributed by atoms with Gasteiger partial charge >= 0.3 is 12.1 Å². The Morgan fingerprint density at radius 3 is 2.09 bits per heavy atom. The lowest BCUT2D eigenvalue weighted by molar-refractivity contribution is -0.139. The molecule has 1 N–H and O–H groups in total. The summed E-state index contributed by atoms with van der Waals surface area (Å²) in [4.78, 5) is 24.1. The van der Waals surface area contributed by atoms with Crippen LogP contribution in [0.15, 0.2) is 12.1 Å². The highest BCUT2D eigenvalue weighted by Gasteiger charge is 2.21. The normalized spacial score (nSPS) is 11.0. The molecule has 0 aliphatic heterocycles. The molecule has 6 nitrogen and oxygen atoms in total. The maximum absolute atomic E-state index is 12.1. The first-order valence-corrected chi connectivity index (χ1v) is 6.94. The Balaban J connectivity index is 2.98. The van der Waals surface area contributed by atoms with Crippen LogP contribution in [0.5, 0.6) is 5.75 Å². The average molecular weight is 309 g/mol. The molecule has 0 bridgehead atoms. The number of anilines is 1. The predicted molar refractivity (Wildman–Crippen MR) is 83.7 cm³/mol. The van der Waals surface area contributed by atoms with Crippen LogP contribution in [-0.4, -0.2) is 36.4 Å². The molecule has 0 saturated heterocycles. The van der Waals surface area contributed by atoms with Gasteiger partial charge in [0.1, 0.15) is 11.4 Å². The molecule has 0 atom stereocenters. The number of hydrogen-bond acceptors (Lipinski definition) is 4. The lowest BCUT2D eigenvalue weighted by Gasteiger charge is -2.25. The van der Waals surface area contributed by atoms with Gasteiger partial charge in [0.25, 0.3) is 0 Å². The van der Waals surface area contributed by atoms with Crippen molar-refractivity contribution >= 4 is 17.7 Å². The van der Waals surface area contributed by atoms with Crippen LogP contribution in [0.2, 0.25) is 0 Å². The third-order valence-corrected chi connectivity index (χ3v) is 2.84. The topological polar surface area (TPSA) is 76.1 Å². The Morgan fingerprint density at radius 1 is 1.18 bits per heavy atom. The van der Waals surface area contributed by atoms with Gasteiger partial charge in [-0.15, -0.1) is 0 Å². The maximum atomic E-state index is 12.1. The molecule has 0 aromatic heterocycles. The molecular formula is C16H23NO5. The minimum absolute atomic E-state index is 0.400. The predicted octanol–water partition coefficient (Wildman–Crippen LogP) is 3.14. The number of carbonyl (C=O) groups excluding carboxylic acids is 1. The zero-order chi connectivity index (χ0) is 17.1. The zero-order valence-corrected chi connectivity index (χ0v) is 13.9. The molecule has 22 heavy (non-hydrogen) atoms. The van der Waals surface area contributed by atoms with Crippen molar-refractivity contribution in [1.82, 2.24) is 0 Å². The number of aryl methyl sites for hydroxylation is 2. The van der Waals surface area contributed by atoms with Gasteiger partial charge in [0.2, 0.25) is 0 Å². The van der Waals surface area contributed by atoms with E-state index < -0.39 is 24.3 Å². The number of nitrogens with zero attached hydrogens (tertiary/aromatic N) is 1. The number of hydrogen-bond donors (Lipinski definition) is 1. The van der Waals surface area contributed by atoms with E-state index >= 15 is 0 Å². The summed E-state index contributed by atoms with van der Waals surface area (Å²) in [5, 5.41) is 8.69. The molecule has 1 aromatic carbocycles. The Kier molecular flexibility index (Phi) is 5.41. The first-order valence-electron chi connectivity index (χ1n) is 6.94. The summed E-state index contributed by atoms with van der Waals surface area (Å²) in [6.45, 7) is 8.62. The molecule has 1 rings (SSSR count). The average Bonchev–Trinajstić information content (AvgIpc) is 2.34. The Hall–Kier alpha value is -2.24. The number of carboxylic acids is 1. The summed E-state index contributed by atoms with van der Waals surface area (Å²) >= 11 is 0. The number of aliphatic carboxylic acids is 1. The third kappa shape index (κ3) is 4.95. The van der Waals surface area contributed by atoms with Crippen molar-refractivity contribution in [2.24, 2.45) is 0 Å². The van der Waals surface area contributed by atoms with Crippen LogP contribution < -0.4 is 9.64 Å². The van der Waals surface area contributed by atoms with Gasteiger partial charge in [0.05, 0.1) is 0 Å². The smallest absolute Gasteiger partial charge is 0.414 e. The number of carboxylic acid groups (broad SMARTS) is 1. The van der Waals surface area contributed by atoms with Crippen LogP contribution in [0.25, 0.3) is 0 Å². The van der Waals surface area contributed by atoms with Crippen LogP contribution in [0.3, 0.4) is 0 Å².